The highest BCUT2D eigenvalue weighted by Gasteiger charge is 2.18. The van der Waals surface area contributed by atoms with E-state index in [1.165, 1.54) is 24.1 Å². The Hall–Kier alpha value is -3.88. The van der Waals surface area contributed by atoms with Gasteiger partial charge in [0.25, 0.3) is 0 Å². The zero-order valence-electron chi connectivity index (χ0n) is 21.7. The normalized spacial score (nSPS) is 11.7. The van der Waals surface area contributed by atoms with Crippen LogP contribution in [0.25, 0.3) is 22.4 Å². The molecule has 4 rings (SSSR count). The molecule has 0 radical (unpaired) electrons. The first-order chi connectivity index (χ1) is 18.7. The van der Waals surface area contributed by atoms with Crippen molar-refractivity contribution in [3.05, 3.63) is 108 Å². The average molecular weight is 563 g/mol. The molecule has 39 heavy (non-hydrogen) atoms. The summed E-state index contributed by atoms with van der Waals surface area (Å²) in [5.41, 5.74) is 3.37. The van der Waals surface area contributed by atoms with Crippen LogP contribution < -0.4 is 10.0 Å². The fourth-order valence-corrected chi connectivity index (χ4v) is 4.29. The number of ether oxygens (including phenoxy) is 1. The van der Waals surface area contributed by atoms with Gasteiger partial charge in [0.05, 0.1) is 12.2 Å². The highest BCUT2D eigenvalue weighted by atomic mass is 35.5. The number of amides is 1. The number of pyridine rings is 1. The summed E-state index contributed by atoms with van der Waals surface area (Å²) in [6.45, 7) is 5.59. The van der Waals surface area contributed by atoms with Gasteiger partial charge in [-0.05, 0) is 86.3 Å². The molecule has 4 aromatic rings. The maximum absolute atomic E-state index is 13.7. The second-order valence-electron chi connectivity index (χ2n) is 9.56. The molecular weight excluding hydrogens is 535 g/mol. The van der Waals surface area contributed by atoms with Gasteiger partial charge in [-0.3, -0.25) is 15.0 Å². The van der Waals surface area contributed by atoms with Crippen LogP contribution in [-0.2, 0) is 11.3 Å². The van der Waals surface area contributed by atoms with E-state index in [9.17, 15) is 9.18 Å². The standard InChI is InChI=1S/C30H28ClFN4O2S/c1-30(2,3)38-29(37)35-28(36-39-25-7-5-4-6-8-25)34-19-20-17-26(21-11-15-24(32)16-12-21)27(33-18-20)22-9-13-23(31)14-10-22/h4-18H,19H2,1-3H3,(H2,34,35,36,37). The number of aromatic nitrogens is 1. The number of halogens is 2. The average Bonchev–Trinajstić information content (AvgIpc) is 2.90. The molecule has 0 spiro atoms. The van der Waals surface area contributed by atoms with Gasteiger partial charge in [0.15, 0.2) is 0 Å². The van der Waals surface area contributed by atoms with Crippen molar-refractivity contribution in [1.82, 2.24) is 15.0 Å². The molecule has 0 atom stereocenters. The molecule has 0 aliphatic heterocycles. The predicted molar refractivity (Wildman–Crippen MR) is 156 cm³/mol. The number of rotatable bonds is 6. The first-order valence-corrected chi connectivity index (χ1v) is 13.4. The largest absolute Gasteiger partial charge is 0.444 e. The molecule has 1 heterocycles. The van der Waals surface area contributed by atoms with Crippen LogP contribution in [0.2, 0.25) is 5.02 Å². The summed E-state index contributed by atoms with van der Waals surface area (Å²) >= 11 is 7.40. The Labute approximate surface area is 236 Å². The molecule has 3 aromatic carbocycles. The summed E-state index contributed by atoms with van der Waals surface area (Å²) in [5.74, 6) is -0.0800. The van der Waals surface area contributed by atoms with Crippen LogP contribution in [0.1, 0.15) is 26.3 Å². The maximum atomic E-state index is 13.7. The van der Waals surface area contributed by atoms with Crippen molar-refractivity contribution in [2.24, 2.45) is 4.99 Å². The summed E-state index contributed by atoms with van der Waals surface area (Å²) in [6.07, 6.45) is 1.11. The van der Waals surface area contributed by atoms with E-state index in [2.05, 4.69) is 15.0 Å². The fraction of sp³-hybridized carbons (Fsp3) is 0.167. The highest BCUT2D eigenvalue weighted by molar-refractivity contribution is 7.98. The quantitative estimate of drug-likeness (QED) is 0.142. The third-order valence-electron chi connectivity index (χ3n) is 5.27. The summed E-state index contributed by atoms with van der Waals surface area (Å²) in [5, 5.41) is 3.32. The van der Waals surface area contributed by atoms with Crippen molar-refractivity contribution in [3.8, 4) is 22.4 Å². The molecule has 0 saturated heterocycles. The van der Waals surface area contributed by atoms with Gasteiger partial charge in [0, 0.05) is 27.2 Å². The van der Waals surface area contributed by atoms with E-state index in [1.54, 1.807) is 51.2 Å². The Bertz CT molecular complexity index is 1440. The number of carbonyl (C=O) groups is 1. The van der Waals surface area contributed by atoms with Gasteiger partial charge < -0.3 is 4.74 Å². The van der Waals surface area contributed by atoms with Crippen LogP contribution in [0.15, 0.2) is 101 Å². The zero-order chi connectivity index (χ0) is 27.8. The molecule has 0 bridgehead atoms. The second-order valence-corrected chi connectivity index (χ2v) is 10.9. The third-order valence-corrected chi connectivity index (χ3v) is 6.32. The molecule has 0 aliphatic rings. The minimum absolute atomic E-state index is 0.218. The number of benzene rings is 3. The molecule has 0 saturated carbocycles. The Morgan fingerprint density at radius 1 is 1.00 bits per heavy atom. The van der Waals surface area contributed by atoms with Crippen molar-refractivity contribution in [2.75, 3.05) is 0 Å². The van der Waals surface area contributed by atoms with Crippen LogP contribution in [-0.4, -0.2) is 22.6 Å². The van der Waals surface area contributed by atoms with E-state index in [-0.39, 0.29) is 18.3 Å². The summed E-state index contributed by atoms with van der Waals surface area (Å²) in [4.78, 5) is 22.7. The molecule has 200 valence electrons. The summed E-state index contributed by atoms with van der Waals surface area (Å²) < 4.78 is 22.2. The van der Waals surface area contributed by atoms with Crippen molar-refractivity contribution in [3.63, 3.8) is 0 Å². The first kappa shape index (κ1) is 28.1. The van der Waals surface area contributed by atoms with Crippen molar-refractivity contribution < 1.29 is 13.9 Å². The van der Waals surface area contributed by atoms with Gasteiger partial charge in [0.1, 0.15) is 11.4 Å². The Kier molecular flexibility index (Phi) is 9.22. The number of carbonyl (C=O) groups excluding carboxylic acids is 1. The Morgan fingerprint density at radius 3 is 2.33 bits per heavy atom. The number of alkyl carbamates (subject to hydrolysis) is 1. The molecule has 9 heteroatoms. The number of hydrogen-bond donors (Lipinski definition) is 2. The smallest absolute Gasteiger partial charge is 0.414 e. The van der Waals surface area contributed by atoms with Crippen LogP contribution in [0, 0.1) is 5.82 Å². The summed E-state index contributed by atoms with van der Waals surface area (Å²) in [6, 6.07) is 25.3. The fourth-order valence-electron chi connectivity index (χ4n) is 3.55. The number of hydrogen-bond acceptors (Lipinski definition) is 5. The van der Waals surface area contributed by atoms with Crippen molar-refractivity contribution in [2.45, 2.75) is 37.8 Å². The Morgan fingerprint density at radius 2 is 1.67 bits per heavy atom. The lowest BCUT2D eigenvalue weighted by atomic mass is 9.98. The topological polar surface area (TPSA) is 75.6 Å². The number of guanidine groups is 1. The first-order valence-electron chi connectivity index (χ1n) is 12.2. The predicted octanol–water partition coefficient (Wildman–Crippen LogP) is 7.89. The molecule has 0 fully saturated rings. The van der Waals surface area contributed by atoms with Crippen molar-refractivity contribution in [1.29, 1.82) is 0 Å². The van der Waals surface area contributed by atoms with E-state index in [0.29, 0.717) is 5.02 Å². The monoisotopic (exact) mass is 562 g/mol. The lowest BCUT2D eigenvalue weighted by Gasteiger charge is -2.20. The van der Waals surface area contributed by atoms with Gasteiger partial charge in [-0.25, -0.2) is 14.2 Å². The van der Waals surface area contributed by atoms with E-state index in [0.717, 1.165) is 32.8 Å². The van der Waals surface area contributed by atoms with Gasteiger partial charge in [0.2, 0.25) is 5.96 Å². The molecule has 0 aliphatic carbocycles. The lowest BCUT2D eigenvalue weighted by Crippen LogP contribution is -2.41. The minimum Gasteiger partial charge on any atom is -0.444 e. The molecular formula is C30H28ClFN4O2S. The van der Waals surface area contributed by atoms with Crippen LogP contribution in [0.4, 0.5) is 9.18 Å². The third kappa shape index (κ3) is 8.56. The maximum Gasteiger partial charge on any atom is 0.414 e. The molecule has 6 nitrogen and oxygen atoms in total. The van der Waals surface area contributed by atoms with E-state index in [4.69, 9.17) is 21.3 Å². The van der Waals surface area contributed by atoms with E-state index >= 15 is 0 Å². The minimum atomic E-state index is -0.659. The second kappa shape index (κ2) is 12.8. The van der Waals surface area contributed by atoms with E-state index < -0.39 is 11.7 Å². The van der Waals surface area contributed by atoms with Crippen LogP contribution in [0.5, 0.6) is 0 Å². The Balaban J connectivity index is 1.63. The number of aliphatic imine (C=N–C) groups is 1. The number of nitrogens with one attached hydrogen (secondary N) is 2. The van der Waals surface area contributed by atoms with E-state index in [1.807, 2.05) is 48.5 Å². The van der Waals surface area contributed by atoms with Gasteiger partial charge in [-0.15, -0.1) is 0 Å². The molecule has 1 aromatic heterocycles. The molecule has 1 amide bonds. The van der Waals surface area contributed by atoms with Crippen LogP contribution in [0.3, 0.4) is 0 Å². The lowest BCUT2D eigenvalue weighted by molar-refractivity contribution is 0.0562. The van der Waals surface area contributed by atoms with Gasteiger partial charge in [-0.1, -0.05) is 54.1 Å². The number of nitrogens with zero attached hydrogens (tertiary/aromatic N) is 2. The molecule has 2 N–H and O–H groups in total. The SMILES string of the molecule is CC(C)(C)OC(=O)NC(=NCc1cnc(-c2ccc(Cl)cc2)c(-c2ccc(F)cc2)c1)NSc1ccccc1. The van der Waals surface area contributed by atoms with Crippen molar-refractivity contribution >= 4 is 35.6 Å². The van der Waals surface area contributed by atoms with Crippen LogP contribution >= 0.6 is 23.5 Å². The highest BCUT2D eigenvalue weighted by Crippen LogP contribution is 2.32. The van der Waals surface area contributed by atoms with Gasteiger partial charge >= 0.3 is 6.09 Å². The zero-order valence-corrected chi connectivity index (χ0v) is 23.3. The molecule has 0 unspecified atom stereocenters. The van der Waals surface area contributed by atoms with Gasteiger partial charge in [-0.2, -0.15) is 0 Å². The summed E-state index contributed by atoms with van der Waals surface area (Å²) in [7, 11) is 0.